The second-order valence-corrected chi connectivity index (χ2v) is 6.92. The van der Waals surface area contributed by atoms with Crippen molar-refractivity contribution in [1.29, 1.82) is 0 Å². The van der Waals surface area contributed by atoms with E-state index in [0.29, 0.717) is 23.0 Å². The normalized spacial score (nSPS) is 22.0. The third-order valence-electron chi connectivity index (χ3n) is 4.68. The highest BCUT2D eigenvalue weighted by atomic mass is 32.2. The molecule has 1 aromatic rings. The molecule has 5 heteroatoms. The van der Waals surface area contributed by atoms with Crippen molar-refractivity contribution in [2.45, 2.75) is 63.3 Å². The number of carbonyl (C=O) groups is 1. The van der Waals surface area contributed by atoms with Crippen molar-refractivity contribution in [3.8, 4) is 0 Å². The highest BCUT2D eigenvalue weighted by Gasteiger charge is 2.33. The summed E-state index contributed by atoms with van der Waals surface area (Å²) >= 11 is 1.88. The van der Waals surface area contributed by atoms with Crippen LogP contribution >= 0.6 is 11.8 Å². The number of carbonyl (C=O) groups excluding carboxylic acids is 1. The number of rotatable bonds is 6. The number of hydrogen-bond acceptors (Lipinski definition) is 3. The second kappa shape index (κ2) is 7.34. The van der Waals surface area contributed by atoms with Gasteiger partial charge in [-0.15, -0.1) is 0 Å². The molecule has 2 unspecified atom stereocenters. The first-order chi connectivity index (χ1) is 10.1. The van der Waals surface area contributed by atoms with Crippen LogP contribution in [-0.2, 0) is 0 Å². The number of amides is 1. The SMILES string of the molecule is CCC(CC)n1ccc(C(=O)N(C)C2CCCC2SC)n1. The molecule has 0 N–H and O–H groups in total. The summed E-state index contributed by atoms with van der Waals surface area (Å²) in [6.07, 6.45) is 9.71. The Balaban J connectivity index is 2.09. The van der Waals surface area contributed by atoms with Gasteiger partial charge in [0.1, 0.15) is 5.69 Å². The smallest absolute Gasteiger partial charge is 0.274 e. The summed E-state index contributed by atoms with van der Waals surface area (Å²) in [6, 6.07) is 2.60. The van der Waals surface area contributed by atoms with Gasteiger partial charge < -0.3 is 4.90 Å². The van der Waals surface area contributed by atoms with Crippen LogP contribution in [0.4, 0.5) is 0 Å². The summed E-state index contributed by atoms with van der Waals surface area (Å²) in [6.45, 7) is 4.32. The Hall–Kier alpha value is -0.970. The van der Waals surface area contributed by atoms with Gasteiger partial charge in [0, 0.05) is 24.5 Å². The highest BCUT2D eigenvalue weighted by molar-refractivity contribution is 7.99. The van der Waals surface area contributed by atoms with E-state index in [-0.39, 0.29) is 5.91 Å². The maximum Gasteiger partial charge on any atom is 0.274 e. The molecular weight excluding hydrogens is 282 g/mol. The lowest BCUT2D eigenvalue weighted by atomic mass is 10.2. The van der Waals surface area contributed by atoms with Gasteiger partial charge in [0.05, 0.1) is 6.04 Å². The monoisotopic (exact) mass is 309 g/mol. The summed E-state index contributed by atoms with van der Waals surface area (Å²) in [5.74, 6) is 0.0608. The molecule has 1 aliphatic rings. The summed E-state index contributed by atoms with van der Waals surface area (Å²) in [5, 5.41) is 5.08. The first-order valence-corrected chi connectivity index (χ1v) is 9.26. The van der Waals surface area contributed by atoms with E-state index in [2.05, 4.69) is 25.2 Å². The van der Waals surface area contributed by atoms with E-state index in [1.54, 1.807) is 0 Å². The average Bonchev–Trinajstić information content (AvgIpc) is 3.16. The highest BCUT2D eigenvalue weighted by Crippen LogP contribution is 2.32. The Morgan fingerprint density at radius 2 is 2.19 bits per heavy atom. The van der Waals surface area contributed by atoms with E-state index in [9.17, 15) is 4.79 Å². The van der Waals surface area contributed by atoms with Crippen molar-refractivity contribution in [2.75, 3.05) is 13.3 Å². The summed E-state index contributed by atoms with van der Waals surface area (Å²) in [7, 11) is 1.93. The van der Waals surface area contributed by atoms with Gasteiger partial charge in [0.25, 0.3) is 5.91 Å². The molecule has 1 aliphatic carbocycles. The van der Waals surface area contributed by atoms with Crippen LogP contribution < -0.4 is 0 Å². The van der Waals surface area contributed by atoms with Crippen LogP contribution in [0.3, 0.4) is 0 Å². The second-order valence-electron chi connectivity index (χ2n) is 5.84. The topological polar surface area (TPSA) is 38.1 Å². The van der Waals surface area contributed by atoms with Crippen LogP contribution in [-0.4, -0.2) is 45.2 Å². The lowest BCUT2D eigenvalue weighted by Crippen LogP contribution is -2.40. The predicted octanol–water partition coefficient (Wildman–Crippen LogP) is 3.60. The van der Waals surface area contributed by atoms with Crippen molar-refractivity contribution in [3.05, 3.63) is 18.0 Å². The molecule has 0 saturated heterocycles. The van der Waals surface area contributed by atoms with Crippen LogP contribution in [0.1, 0.15) is 62.5 Å². The van der Waals surface area contributed by atoms with E-state index in [1.165, 1.54) is 12.8 Å². The lowest BCUT2D eigenvalue weighted by molar-refractivity contribution is 0.0731. The van der Waals surface area contributed by atoms with Gasteiger partial charge in [-0.2, -0.15) is 16.9 Å². The number of thioether (sulfide) groups is 1. The Morgan fingerprint density at radius 1 is 1.48 bits per heavy atom. The molecule has 1 heterocycles. The zero-order chi connectivity index (χ0) is 15.4. The first-order valence-electron chi connectivity index (χ1n) is 7.97. The molecule has 1 fully saturated rings. The Labute approximate surface area is 132 Å². The maximum absolute atomic E-state index is 12.6. The van der Waals surface area contributed by atoms with Gasteiger partial charge in [0.2, 0.25) is 0 Å². The minimum absolute atomic E-state index is 0.0608. The molecule has 0 bridgehead atoms. The largest absolute Gasteiger partial charge is 0.336 e. The fourth-order valence-electron chi connectivity index (χ4n) is 3.27. The molecule has 118 valence electrons. The minimum Gasteiger partial charge on any atom is -0.336 e. The van der Waals surface area contributed by atoms with Crippen LogP contribution in [0, 0.1) is 0 Å². The van der Waals surface area contributed by atoms with Crippen LogP contribution in [0.2, 0.25) is 0 Å². The zero-order valence-corrected chi connectivity index (χ0v) is 14.4. The van der Waals surface area contributed by atoms with E-state index >= 15 is 0 Å². The molecule has 0 aliphatic heterocycles. The molecular formula is C16H27N3OS. The van der Waals surface area contributed by atoms with Crippen molar-refractivity contribution < 1.29 is 4.79 Å². The molecule has 21 heavy (non-hydrogen) atoms. The molecule has 2 atom stereocenters. The van der Waals surface area contributed by atoms with Gasteiger partial charge in [-0.3, -0.25) is 9.48 Å². The Bertz CT molecular complexity index is 470. The van der Waals surface area contributed by atoms with E-state index in [1.807, 2.05) is 40.7 Å². The van der Waals surface area contributed by atoms with Crippen molar-refractivity contribution in [1.82, 2.24) is 14.7 Å². The summed E-state index contributed by atoms with van der Waals surface area (Å²) in [4.78, 5) is 14.6. The standard InChI is InChI=1S/C16H27N3OS/c1-5-12(6-2)19-11-10-13(17-19)16(20)18(3)14-8-7-9-15(14)21-4/h10-12,14-15H,5-9H2,1-4H3. The summed E-state index contributed by atoms with van der Waals surface area (Å²) in [5.41, 5.74) is 0.580. The third-order valence-corrected chi connectivity index (χ3v) is 5.84. The van der Waals surface area contributed by atoms with Gasteiger partial charge in [-0.1, -0.05) is 20.3 Å². The van der Waals surface area contributed by atoms with E-state index < -0.39 is 0 Å². The van der Waals surface area contributed by atoms with Gasteiger partial charge in [0.15, 0.2) is 0 Å². The lowest BCUT2D eigenvalue weighted by Gasteiger charge is -2.28. The van der Waals surface area contributed by atoms with Crippen molar-refractivity contribution in [3.63, 3.8) is 0 Å². The maximum atomic E-state index is 12.6. The van der Waals surface area contributed by atoms with Crippen molar-refractivity contribution in [2.24, 2.45) is 0 Å². The van der Waals surface area contributed by atoms with Gasteiger partial charge >= 0.3 is 0 Å². The zero-order valence-electron chi connectivity index (χ0n) is 13.6. The van der Waals surface area contributed by atoms with Crippen LogP contribution in [0.5, 0.6) is 0 Å². The van der Waals surface area contributed by atoms with Crippen LogP contribution in [0.25, 0.3) is 0 Å². The van der Waals surface area contributed by atoms with Gasteiger partial charge in [-0.25, -0.2) is 0 Å². The first kappa shape index (κ1) is 16.4. The molecule has 1 aromatic heterocycles. The van der Waals surface area contributed by atoms with E-state index in [4.69, 9.17) is 0 Å². The third kappa shape index (κ3) is 3.44. The van der Waals surface area contributed by atoms with Gasteiger partial charge in [-0.05, 0) is 38.0 Å². The minimum atomic E-state index is 0.0608. The average molecular weight is 309 g/mol. The molecule has 0 aromatic carbocycles. The van der Waals surface area contributed by atoms with Crippen LogP contribution in [0.15, 0.2) is 12.3 Å². The predicted molar refractivity (Wildman–Crippen MR) is 88.9 cm³/mol. The fraction of sp³-hybridized carbons (Fsp3) is 0.750. The fourth-order valence-corrected chi connectivity index (χ4v) is 4.31. The molecule has 2 rings (SSSR count). The Kier molecular flexibility index (Phi) is 5.73. The number of aromatic nitrogens is 2. The number of nitrogens with zero attached hydrogens (tertiary/aromatic N) is 3. The quantitative estimate of drug-likeness (QED) is 0.806. The summed E-state index contributed by atoms with van der Waals surface area (Å²) < 4.78 is 1.95. The number of hydrogen-bond donors (Lipinski definition) is 0. The molecule has 0 spiro atoms. The van der Waals surface area contributed by atoms with Crippen molar-refractivity contribution >= 4 is 17.7 Å². The van der Waals surface area contributed by atoms with E-state index in [0.717, 1.165) is 19.3 Å². The molecule has 0 radical (unpaired) electrons. The molecule has 4 nitrogen and oxygen atoms in total. The molecule has 1 amide bonds. The Morgan fingerprint density at radius 3 is 2.81 bits per heavy atom. The molecule has 1 saturated carbocycles.